The first kappa shape index (κ1) is 38.8. The standard InChI is InChI=1S/C30H28FN3O3.C14H22N2/c1-34(15-14-20-10-11-20)30(24-7-2-4-8-26(24)31)32-17-22(18-35)33-27(19-36)21-12-13-29-25(16-21)23-6-3-5-9-28(23)37-29;1-5-12(3)14-6-7-16-10-13(14)8-11(2)9-15-4/h2-9,12-14,16-18,27,33,36H,10-11,15,19H2,1H3;6-8,10,12,15H,5,9H2,1-4H3/b22-17+,32-30?;11-8+. The molecule has 6 rings (SSSR count). The number of carbonyl (C=O) groups is 1. The van der Waals surface area contributed by atoms with Gasteiger partial charge in [-0.05, 0) is 92.2 Å². The number of aliphatic imine (C=N–C) groups is 1. The zero-order valence-corrected chi connectivity index (χ0v) is 31.3. The second kappa shape index (κ2) is 18.9. The normalized spacial score (nSPS) is 14.4. The van der Waals surface area contributed by atoms with Crippen LogP contribution in [0.1, 0.15) is 74.2 Å². The molecule has 3 aromatic carbocycles. The van der Waals surface area contributed by atoms with Crippen molar-refractivity contribution in [1.29, 1.82) is 0 Å². The number of nitrogens with zero attached hydrogens (tertiary/aromatic N) is 3. The van der Waals surface area contributed by atoms with Crippen LogP contribution in [-0.2, 0) is 4.79 Å². The number of hydrogen-bond acceptors (Lipinski definition) is 7. The van der Waals surface area contributed by atoms with Gasteiger partial charge >= 0.3 is 0 Å². The minimum Gasteiger partial charge on any atom is -0.456 e. The number of furan rings is 1. The Labute approximate surface area is 311 Å². The summed E-state index contributed by atoms with van der Waals surface area (Å²) < 4.78 is 20.5. The molecule has 0 amide bonds. The topological polar surface area (TPSA) is 103 Å². The smallest absolute Gasteiger partial charge is 0.167 e. The summed E-state index contributed by atoms with van der Waals surface area (Å²) in [6.45, 7) is 7.89. The van der Waals surface area contributed by atoms with Crippen LogP contribution < -0.4 is 10.6 Å². The molecule has 0 radical (unpaired) electrons. The van der Waals surface area contributed by atoms with Crippen LogP contribution in [0, 0.1) is 5.82 Å². The largest absolute Gasteiger partial charge is 0.456 e. The number of para-hydroxylation sites is 1. The molecule has 1 aliphatic carbocycles. The van der Waals surface area contributed by atoms with E-state index in [4.69, 9.17) is 4.42 Å². The molecule has 8 nitrogen and oxygen atoms in total. The lowest BCUT2D eigenvalue weighted by Gasteiger charge is -2.21. The van der Waals surface area contributed by atoms with E-state index in [9.17, 15) is 14.3 Å². The lowest BCUT2D eigenvalue weighted by molar-refractivity contribution is -0.105. The van der Waals surface area contributed by atoms with Gasteiger partial charge in [0.05, 0.1) is 30.1 Å². The number of benzene rings is 3. The minimum atomic E-state index is -0.557. The van der Waals surface area contributed by atoms with Gasteiger partial charge in [-0.1, -0.05) is 73.5 Å². The van der Waals surface area contributed by atoms with Gasteiger partial charge < -0.3 is 25.1 Å². The van der Waals surface area contributed by atoms with Crippen molar-refractivity contribution >= 4 is 40.1 Å². The molecule has 0 aliphatic heterocycles. The third-order valence-corrected chi connectivity index (χ3v) is 9.34. The maximum atomic E-state index is 14.6. The Morgan fingerprint density at radius 2 is 1.83 bits per heavy atom. The van der Waals surface area contributed by atoms with Crippen LogP contribution in [0.25, 0.3) is 28.0 Å². The number of rotatable bonds is 14. The number of carbonyl (C=O) groups excluding carboxylic acids is 1. The molecule has 2 unspecified atom stereocenters. The first-order valence-corrected chi connectivity index (χ1v) is 18.2. The molecule has 0 spiro atoms. The highest BCUT2D eigenvalue weighted by molar-refractivity contribution is 6.05. The second-order valence-electron chi connectivity index (χ2n) is 13.4. The number of halogens is 1. The van der Waals surface area contributed by atoms with Gasteiger partial charge in [-0.15, -0.1) is 0 Å². The molecule has 2 aromatic heterocycles. The van der Waals surface area contributed by atoms with Crippen molar-refractivity contribution in [3.05, 3.63) is 142 Å². The van der Waals surface area contributed by atoms with Crippen molar-refractivity contribution in [3.63, 3.8) is 0 Å². The number of fused-ring (bicyclic) bond motifs is 3. The molecule has 2 atom stereocenters. The SMILES string of the molecule is CCC(C)c1ccncc1/C=C(\C)CNC.CN(CC=C1CC1)C(=N/C=C(\C=O)NC(CO)c1ccc2oc3ccccc3c2c1)c1ccccc1F. The number of aromatic nitrogens is 1. The van der Waals surface area contributed by atoms with Crippen LogP contribution in [-0.4, -0.2) is 60.9 Å². The van der Waals surface area contributed by atoms with E-state index < -0.39 is 11.9 Å². The van der Waals surface area contributed by atoms with E-state index in [0.29, 0.717) is 30.1 Å². The highest BCUT2D eigenvalue weighted by atomic mass is 19.1. The fourth-order valence-electron chi connectivity index (χ4n) is 6.08. The molecular weight excluding hydrogens is 666 g/mol. The van der Waals surface area contributed by atoms with Crippen molar-refractivity contribution in [2.45, 2.75) is 52.0 Å². The summed E-state index contributed by atoms with van der Waals surface area (Å²) in [5.41, 5.74) is 8.19. The number of aliphatic hydroxyl groups is 1. The van der Waals surface area contributed by atoms with Gasteiger partial charge in [0.25, 0.3) is 0 Å². The van der Waals surface area contributed by atoms with Crippen LogP contribution in [0.2, 0.25) is 0 Å². The number of allylic oxidation sites excluding steroid dienone is 2. The first-order chi connectivity index (χ1) is 25.8. The number of hydrogen-bond donors (Lipinski definition) is 3. The lowest BCUT2D eigenvalue weighted by Crippen LogP contribution is -2.29. The maximum Gasteiger partial charge on any atom is 0.167 e. The molecule has 0 saturated heterocycles. The molecule has 9 heteroatoms. The Morgan fingerprint density at radius 3 is 2.55 bits per heavy atom. The molecule has 1 saturated carbocycles. The summed E-state index contributed by atoms with van der Waals surface area (Å²) in [6, 6.07) is 21.4. The highest BCUT2D eigenvalue weighted by Crippen LogP contribution is 2.31. The average molecular weight is 716 g/mol. The number of pyridine rings is 1. The predicted molar refractivity (Wildman–Crippen MR) is 214 cm³/mol. The summed E-state index contributed by atoms with van der Waals surface area (Å²) in [4.78, 5) is 22.5. The van der Waals surface area contributed by atoms with Gasteiger partial charge in [0.1, 0.15) is 22.8 Å². The van der Waals surface area contributed by atoms with Gasteiger partial charge in [0.15, 0.2) is 6.29 Å². The minimum absolute atomic E-state index is 0.166. The Hall–Kier alpha value is -5.38. The predicted octanol–water partition coefficient (Wildman–Crippen LogP) is 8.71. The molecular formula is C44H50FN5O3. The van der Waals surface area contributed by atoms with Crippen LogP contribution in [0.4, 0.5) is 4.39 Å². The number of aldehydes is 1. The number of nitrogens with one attached hydrogen (secondary N) is 2. The molecule has 1 aliphatic rings. The third kappa shape index (κ3) is 10.4. The molecule has 5 aromatic rings. The van der Waals surface area contributed by atoms with E-state index >= 15 is 0 Å². The van der Waals surface area contributed by atoms with Crippen LogP contribution in [0.15, 0.2) is 124 Å². The fourth-order valence-corrected chi connectivity index (χ4v) is 6.08. The Balaban J connectivity index is 0.000000285. The van der Waals surface area contributed by atoms with Crippen molar-refractivity contribution in [2.75, 3.05) is 33.8 Å². The summed E-state index contributed by atoms with van der Waals surface area (Å²) >= 11 is 0. The van der Waals surface area contributed by atoms with Crippen LogP contribution >= 0.6 is 0 Å². The van der Waals surface area contributed by atoms with E-state index in [0.717, 1.165) is 53.3 Å². The summed E-state index contributed by atoms with van der Waals surface area (Å²) in [5.74, 6) is 0.607. The third-order valence-electron chi connectivity index (χ3n) is 9.34. The van der Waals surface area contributed by atoms with Crippen molar-refractivity contribution in [3.8, 4) is 0 Å². The first-order valence-electron chi connectivity index (χ1n) is 18.2. The van der Waals surface area contributed by atoms with Crippen LogP contribution in [0.5, 0.6) is 0 Å². The Morgan fingerprint density at radius 1 is 1.08 bits per heavy atom. The molecule has 276 valence electrons. The summed E-state index contributed by atoms with van der Waals surface area (Å²) in [7, 11) is 3.81. The monoisotopic (exact) mass is 715 g/mol. The quantitative estimate of drug-likeness (QED) is 0.0348. The van der Waals surface area contributed by atoms with E-state index in [-0.39, 0.29) is 12.3 Å². The van der Waals surface area contributed by atoms with Crippen molar-refractivity contribution in [2.24, 2.45) is 4.99 Å². The van der Waals surface area contributed by atoms with Crippen LogP contribution in [0.3, 0.4) is 0 Å². The number of aliphatic hydroxyl groups excluding tert-OH is 1. The fraction of sp³-hybridized carbons (Fsp3) is 0.295. The average Bonchev–Trinajstić information content (AvgIpc) is 3.94. The van der Waals surface area contributed by atoms with Gasteiger partial charge in [-0.2, -0.15) is 0 Å². The molecule has 3 N–H and O–H groups in total. The van der Waals surface area contributed by atoms with Gasteiger partial charge in [0, 0.05) is 43.3 Å². The Kier molecular flexibility index (Phi) is 13.9. The molecule has 53 heavy (non-hydrogen) atoms. The molecule has 2 heterocycles. The van der Waals surface area contributed by atoms with Gasteiger partial charge in [-0.3, -0.25) is 9.78 Å². The maximum absolute atomic E-state index is 14.6. The van der Waals surface area contributed by atoms with E-state index in [1.807, 2.05) is 73.9 Å². The Bertz CT molecular complexity index is 2130. The second-order valence-corrected chi connectivity index (χ2v) is 13.4. The highest BCUT2D eigenvalue weighted by Gasteiger charge is 2.17. The van der Waals surface area contributed by atoms with E-state index in [1.165, 1.54) is 34.5 Å². The van der Waals surface area contributed by atoms with Crippen molar-refractivity contribution in [1.82, 2.24) is 20.5 Å². The molecule has 0 bridgehead atoms. The zero-order valence-electron chi connectivity index (χ0n) is 31.3. The zero-order chi connectivity index (χ0) is 37.7. The number of amidine groups is 1. The van der Waals surface area contributed by atoms with Crippen molar-refractivity contribution < 1.29 is 18.7 Å². The van der Waals surface area contributed by atoms with E-state index in [1.54, 1.807) is 18.2 Å². The van der Waals surface area contributed by atoms with Gasteiger partial charge in [0.2, 0.25) is 0 Å². The van der Waals surface area contributed by atoms with Gasteiger partial charge in [-0.25, -0.2) is 9.38 Å². The summed E-state index contributed by atoms with van der Waals surface area (Å²) in [6.07, 6.45) is 13.6. The lowest BCUT2D eigenvalue weighted by atomic mass is 9.94. The van der Waals surface area contributed by atoms with E-state index in [2.05, 4.69) is 59.6 Å². The molecule has 1 fully saturated rings. The number of likely N-dealkylation sites (N-methyl/N-ethyl adjacent to an activating group) is 2. The summed E-state index contributed by atoms with van der Waals surface area (Å²) in [5, 5.41) is 18.3.